The molecule has 8 amide bonds. The molecule has 1 aromatic carbocycles. The molecule has 1 fully saturated rings. The maximum atomic E-state index is 15.3. The molecule has 12 atom stereocenters. The van der Waals surface area contributed by atoms with Crippen LogP contribution in [-0.4, -0.2) is 342 Å². The van der Waals surface area contributed by atoms with Gasteiger partial charge in [0.05, 0.1) is 231 Å². The molecule has 116 heavy (non-hydrogen) atoms. The van der Waals surface area contributed by atoms with Gasteiger partial charge in [0, 0.05) is 83.8 Å². The van der Waals surface area contributed by atoms with Gasteiger partial charge in [0.25, 0.3) is 0 Å². The molecule has 3 aliphatic rings. The van der Waals surface area contributed by atoms with Crippen molar-refractivity contribution >= 4 is 98.3 Å². The lowest BCUT2D eigenvalue weighted by atomic mass is 9.85. The zero-order valence-electron chi connectivity index (χ0n) is 66.5. The molecule has 0 radical (unpaired) electrons. The Morgan fingerprint density at radius 1 is 0.707 bits per heavy atom. The van der Waals surface area contributed by atoms with Crippen molar-refractivity contribution < 1.29 is 135 Å². The van der Waals surface area contributed by atoms with Gasteiger partial charge in [-0.1, -0.05) is 34.1 Å². The molecular weight excluding hydrogens is 1570 g/mol. The molecule has 5 rings (SSSR count). The molecule has 3 aliphatic heterocycles. The highest BCUT2D eigenvalue weighted by atomic mass is 32.2. The molecule has 40 nitrogen and oxygen atoms in total. The number of phenols is 1. The quantitative estimate of drug-likeness (QED) is 0.0170. The van der Waals surface area contributed by atoms with E-state index in [1.165, 1.54) is 49.0 Å². The number of nitrogens with one attached hydrogen (secondary N) is 7. The van der Waals surface area contributed by atoms with E-state index in [1.807, 2.05) is 0 Å². The van der Waals surface area contributed by atoms with E-state index in [2.05, 4.69) is 36.9 Å². The molecule has 18 N–H and O–H groups in total. The van der Waals surface area contributed by atoms with Crippen LogP contribution < -0.4 is 49.2 Å². The van der Waals surface area contributed by atoms with E-state index in [9.17, 15) is 73.2 Å². The van der Waals surface area contributed by atoms with E-state index in [0.29, 0.717) is 156 Å². The molecule has 42 heteroatoms. The topological polar surface area (TPSA) is 580 Å². The van der Waals surface area contributed by atoms with Gasteiger partial charge in [-0.2, -0.15) is 11.8 Å². The highest BCUT2D eigenvalue weighted by Gasteiger charge is 2.45. The lowest BCUT2D eigenvalue weighted by molar-refractivity contribution is -0.144. The Morgan fingerprint density at radius 3 is 1.77 bits per heavy atom. The van der Waals surface area contributed by atoms with Crippen molar-refractivity contribution in [1.29, 1.82) is 0 Å². The second-order valence-electron chi connectivity index (χ2n) is 28.0. The molecule has 0 saturated carbocycles. The van der Waals surface area contributed by atoms with Crippen LogP contribution >= 0.6 is 11.8 Å². The monoisotopic (exact) mass is 1690 g/mol. The Hall–Kier alpha value is -7.63. The number of hydrazine groups is 1. The number of nitrogens with two attached hydrogens (primary N) is 3. The zero-order chi connectivity index (χ0) is 84.9. The number of amides is 8. The van der Waals surface area contributed by atoms with Gasteiger partial charge in [-0.15, -0.1) is 0 Å². The molecule has 1 saturated heterocycles. The Labute approximate surface area is 680 Å². The summed E-state index contributed by atoms with van der Waals surface area (Å²) in [6, 6.07) is -4.18. The van der Waals surface area contributed by atoms with Gasteiger partial charge < -0.3 is 136 Å². The predicted octanol–water partition coefficient (Wildman–Crippen LogP) is -4.12. The average molecular weight is 1690 g/mol. The highest BCUT2D eigenvalue weighted by molar-refractivity contribution is 7.98. The number of rotatable bonds is 51. The number of ether oxygens (including phenoxy) is 11. The number of ketones is 2. The summed E-state index contributed by atoms with van der Waals surface area (Å²) in [5.74, 6) is -9.53. The molecule has 2 bridgehead atoms. The Kier molecular flexibility index (Phi) is 47.1. The van der Waals surface area contributed by atoms with Crippen LogP contribution in [0.3, 0.4) is 0 Å². The predicted molar refractivity (Wildman–Crippen MR) is 417 cm³/mol. The molecule has 2 aromatic rings. The SMILES string of the molecule is CC[C@H](C)[C@@H]1CC(=O)CNC(=O)[C@H]2CC(=O)[C@H]([C@@H](C)[C@@H](O)CO)NC(=O)[C@@H]3C[C@@H](O)CN3C(=O)[C@H](CC(N)=O)NC(=O)[C@@H](CS(=O)c3[nH]c4c(CSCCOCCOCCOCCOCCOCCOCCOCCOCCOCCOCCOCCN(N)/C=C(\N)CNC(=O)C(C)CC(=O)O)c(O)ccc4c3C2)NC(=O)CNC1=O. The second kappa shape index (κ2) is 55.2. The van der Waals surface area contributed by atoms with Gasteiger partial charge >= 0.3 is 5.97 Å². The maximum Gasteiger partial charge on any atom is 0.304 e. The number of carbonyl (C=O) groups is 11. The van der Waals surface area contributed by atoms with E-state index in [4.69, 9.17) is 74.5 Å². The number of fused-ring (bicyclic) bond motifs is 5. The Balaban J connectivity index is 1.03. The third kappa shape index (κ3) is 36.3. The molecule has 2 unspecified atom stereocenters. The minimum atomic E-state index is -2.45. The van der Waals surface area contributed by atoms with Crippen LogP contribution in [-0.2, 0) is 128 Å². The number of hydrogen-bond donors (Lipinski definition) is 15. The summed E-state index contributed by atoms with van der Waals surface area (Å²) in [6.45, 7) is 11.7. The van der Waals surface area contributed by atoms with Crippen molar-refractivity contribution in [2.75, 3.05) is 196 Å². The summed E-state index contributed by atoms with van der Waals surface area (Å²) in [5, 5.41) is 68.9. The first-order chi connectivity index (χ1) is 55.6. The lowest BCUT2D eigenvalue weighted by Crippen LogP contribution is -2.60. The van der Waals surface area contributed by atoms with Crippen LogP contribution in [0.5, 0.6) is 5.75 Å². The van der Waals surface area contributed by atoms with Gasteiger partial charge in [0.2, 0.25) is 47.3 Å². The third-order valence-electron chi connectivity index (χ3n) is 19.0. The number of primary amides is 1. The number of aliphatic carboxylic acids is 1. The molecule has 1 aromatic heterocycles. The number of aromatic nitrogens is 1. The van der Waals surface area contributed by atoms with Crippen LogP contribution in [0.2, 0.25) is 0 Å². The van der Waals surface area contributed by atoms with Crippen LogP contribution in [0.4, 0.5) is 0 Å². The molecular formula is C74H120N12O28S2. The fourth-order valence-corrected chi connectivity index (χ4v) is 14.6. The van der Waals surface area contributed by atoms with Crippen LogP contribution in [0.1, 0.15) is 77.3 Å². The number of nitrogens with zero attached hydrogens (tertiary/aromatic N) is 2. The van der Waals surface area contributed by atoms with Crippen molar-refractivity contribution in [1.82, 2.24) is 46.8 Å². The van der Waals surface area contributed by atoms with E-state index in [1.54, 1.807) is 13.8 Å². The number of Topliss-reactive ketones (excluding diaryl/α,β-unsaturated/α-hetero) is 2. The minimum Gasteiger partial charge on any atom is -0.508 e. The number of aliphatic hydroxyl groups excluding tert-OH is 3. The van der Waals surface area contributed by atoms with Crippen molar-refractivity contribution in [3.05, 3.63) is 35.2 Å². The molecule has 0 spiro atoms. The number of carbonyl (C=O) groups excluding carboxylic acids is 10. The fourth-order valence-electron chi connectivity index (χ4n) is 12.3. The van der Waals surface area contributed by atoms with Crippen molar-refractivity contribution in [3.63, 3.8) is 0 Å². The van der Waals surface area contributed by atoms with Gasteiger partial charge in [-0.05, 0) is 30.0 Å². The lowest BCUT2D eigenvalue weighted by Gasteiger charge is -2.32. The van der Waals surface area contributed by atoms with Gasteiger partial charge in [0.15, 0.2) is 11.6 Å². The number of aromatic hydroxyl groups is 1. The Bertz CT molecular complexity index is 3490. The zero-order valence-corrected chi connectivity index (χ0v) is 68.2. The summed E-state index contributed by atoms with van der Waals surface area (Å²) >= 11 is 1.35. The minimum absolute atomic E-state index is 0.0290. The summed E-state index contributed by atoms with van der Waals surface area (Å²) in [6.07, 6.45) is -4.35. The first-order valence-corrected chi connectivity index (χ1v) is 41.3. The number of benzene rings is 1. The molecule has 656 valence electrons. The fraction of sp³-hybridized carbons (Fsp3) is 0.716. The summed E-state index contributed by atoms with van der Waals surface area (Å²) < 4.78 is 76.6. The number of aliphatic hydroxyl groups is 3. The summed E-state index contributed by atoms with van der Waals surface area (Å²) in [5.41, 5.74) is 12.4. The van der Waals surface area contributed by atoms with E-state index >= 15 is 4.21 Å². The maximum absolute atomic E-state index is 15.3. The smallest absolute Gasteiger partial charge is 0.304 e. The van der Waals surface area contributed by atoms with E-state index in [0.717, 1.165) is 4.90 Å². The van der Waals surface area contributed by atoms with Gasteiger partial charge in [-0.3, -0.25) is 56.9 Å². The number of thioether (sulfide) groups is 1. The normalized spacial score (nSPS) is 21.6. The standard InChI is InChI=1S/C74H120N12O28S2/c1-5-46(2)54-35-51(88)39-79-69(98)49-33-55-53-6-7-60(90)56(67(53)84-73(55)116(103)45-58(81-64(94)40-80-70(54)99)71(100)82-57(37-63(76)93)74(102)86-42-52(89)36-59(86)72(101)83-66(61(91)34-49)48(4)62(92)43-87)44-115-31-30-114-29-28-113-27-26-112-25-24-111-23-22-110-21-20-109-19-18-108-17-16-107-15-14-106-13-12-105-11-10-104-9-8-85(77)41-50(75)38-78-68(97)47(3)32-65(95)96/h6-7,41,46-49,52,54,57-59,62,66,84,87,89-90,92H,5,8-40,42-45,75,77H2,1-4H3,(H2,76,93)(H,78,97)(H,79,98)(H,80,99)(H,81,94)(H,82,100)(H,83,101)(H,95,96)/b50-41-/t46-,47?,48-,49+,52+,54-,57-,58+,59-,62-,66-,116?/m0/s1. The van der Waals surface area contributed by atoms with Crippen molar-refractivity contribution in [3.8, 4) is 5.75 Å². The summed E-state index contributed by atoms with van der Waals surface area (Å²) in [7, 11) is -2.45. The van der Waals surface area contributed by atoms with Gasteiger partial charge in [0.1, 0.15) is 28.9 Å². The van der Waals surface area contributed by atoms with E-state index in [-0.39, 0.29) is 65.8 Å². The van der Waals surface area contributed by atoms with Gasteiger partial charge in [-0.25, -0.2) is 5.84 Å². The number of carboxylic acids is 1. The van der Waals surface area contributed by atoms with Crippen molar-refractivity contribution in [2.45, 2.75) is 120 Å². The van der Waals surface area contributed by atoms with Crippen molar-refractivity contribution in [2.24, 2.45) is 46.9 Å². The largest absolute Gasteiger partial charge is 0.508 e. The second-order valence-corrected chi connectivity index (χ2v) is 30.5. The number of hydrogen-bond acceptors (Lipinski definition) is 31. The number of carboxylic acid groups (broad SMARTS) is 1. The Morgan fingerprint density at radius 2 is 1.24 bits per heavy atom. The summed E-state index contributed by atoms with van der Waals surface area (Å²) in [4.78, 5) is 154. The molecule has 0 aliphatic carbocycles. The first-order valence-electron chi connectivity index (χ1n) is 38.8. The van der Waals surface area contributed by atoms with Crippen LogP contribution in [0.15, 0.2) is 29.1 Å². The molecule has 4 heterocycles. The first kappa shape index (κ1) is 98.9. The van der Waals surface area contributed by atoms with E-state index < -0.39 is 206 Å². The van der Waals surface area contributed by atoms with Crippen LogP contribution in [0, 0.1) is 29.6 Å². The number of H-pyrrole nitrogens is 1. The highest BCUT2D eigenvalue weighted by Crippen LogP contribution is 2.37. The number of aromatic amines is 1. The average Bonchev–Trinajstić information content (AvgIpc) is 1.61. The van der Waals surface area contributed by atoms with Crippen LogP contribution in [0.25, 0.3) is 10.9 Å². The third-order valence-corrected chi connectivity index (χ3v) is 21.4. The number of phenolic OH excluding ortho intramolecular Hbond substituents is 1.